The maximum atomic E-state index is 12.5. The van der Waals surface area contributed by atoms with Gasteiger partial charge in [0.2, 0.25) is 16.0 Å². The van der Waals surface area contributed by atoms with Crippen LogP contribution in [0, 0.1) is 0 Å². The number of piperidine rings is 1. The number of anilines is 6. The Kier molecular flexibility index (Phi) is 7.92. The predicted octanol–water partition coefficient (Wildman–Crippen LogP) is 3.99. The third kappa shape index (κ3) is 5.99. The lowest BCUT2D eigenvalue weighted by molar-refractivity contribution is 0.0982. The molecule has 0 saturated carbocycles. The van der Waals surface area contributed by atoms with Gasteiger partial charge in [-0.3, -0.25) is 9.21 Å². The number of rotatable bonds is 8. The Balaban J connectivity index is 1.10. The number of ether oxygens (including phenoxy) is 1. The molecule has 5 heterocycles. The number of likely N-dealkylation sites (N-methyl/N-ethyl adjacent to an activating group) is 1. The standard InChI is InChI=1S/C32H41N9O3S/c1-38-17-19-40(20-18-38)23-11-14-39(15-12-23)24-7-8-25(28(21-24)44-2)35-32-36-26-9-13-33-29(26)31(37-32)34-27-6-4-5-22-10-16-41(30(22)27)45(3,42)43/h4-9,13,21,23,33H,10-12,14-20H2,1-3H3,(H2,34,35,36,37). The summed E-state index contributed by atoms with van der Waals surface area (Å²) in [6, 6.07) is 14.6. The highest BCUT2D eigenvalue weighted by atomic mass is 32.2. The Morgan fingerprint density at radius 1 is 0.933 bits per heavy atom. The van der Waals surface area contributed by atoms with Crippen molar-refractivity contribution >= 4 is 55.6 Å². The summed E-state index contributed by atoms with van der Waals surface area (Å²) >= 11 is 0. The van der Waals surface area contributed by atoms with Gasteiger partial charge in [0.25, 0.3) is 0 Å². The van der Waals surface area contributed by atoms with Gasteiger partial charge in [0, 0.05) is 69.8 Å². The molecule has 0 unspecified atom stereocenters. The van der Waals surface area contributed by atoms with Gasteiger partial charge in [-0.05, 0) is 56.1 Å². The molecule has 13 heteroatoms. The van der Waals surface area contributed by atoms with Crippen molar-refractivity contribution in [1.29, 1.82) is 0 Å². The molecular formula is C32H41N9O3S. The van der Waals surface area contributed by atoms with Crippen LogP contribution >= 0.6 is 0 Å². The highest BCUT2D eigenvalue weighted by Gasteiger charge is 2.30. The van der Waals surface area contributed by atoms with E-state index in [0.29, 0.717) is 47.9 Å². The molecule has 3 aliphatic heterocycles. The fourth-order valence-electron chi connectivity index (χ4n) is 6.85. The molecule has 0 spiro atoms. The number of nitrogens with zero attached hydrogens (tertiary/aromatic N) is 6. The number of piperazine rings is 1. The van der Waals surface area contributed by atoms with Crippen molar-refractivity contribution in [3.8, 4) is 5.75 Å². The molecule has 2 aromatic heterocycles. The summed E-state index contributed by atoms with van der Waals surface area (Å²) in [7, 11) is 0.462. The van der Waals surface area contributed by atoms with Gasteiger partial charge in [-0.25, -0.2) is 13.4 Å². The minimum atomic E-state index is -3.42. The predicted molar refractivity (Wildman–Crippen MR) is 180 cm³/mol. The monoisotopic (exact) mass is 631 g/mol. The fourth-order valence-corrected chi connectivity index (χ4v) is 7.82. The van der Waals surface area contributed by atoms with Gasteiger partial charge < -0.3 is 30.2 Å². The van der Waals surface area contributed by atoms with Crippen LogP contribution in [0.3, 0.4) is 0 Å². The van der Waals surface area contributed by atoms with Crippen molar-refractivity contribution in [2.24, 2.45) is 0 Å². The average Bonchev–Trinajstić information content (AvgIpc) is 3.70. The molecule has 238 valence electrons. The summed E-state index contributed by atoms with van der Waals surface area (Å²) in [5, 5.41) is 6.76. The maximum Gasteiger partial charge on any atom is 0.232 e. The van der Waals surface area contributed by atoms with Crippen molar-refractivity contribution in [3.05, 3.63) is 54.2 Å². The van der Waals surface area contributed by atoms with Crippen molar-refractivity contribution in [2.45, 2.75) is 25.3 Å². The quantitative estimate of drug-likeness (QED) is 0.263. The first kappa shape index (κ1) is 29.6. The van der Waals surface area contributed by atoms with Gasteiger partial charge in [-0.15, -0.1) is 0 Å². The lowest BCUT2D eigenvalue weighted by atomic mass is 10.0. The van der Waals surface area contributed by atoms with Crippen LogP contribution in [-0.4, -0.2) is 105 Å². The first-order chi connectivity index (χ1) is 21.8. The summed E-state index contributed by atoms with van der Waals surface area (Å²) in [5.74, 6) is 1.65. The van der Waals surface area contributed by atoms with E-state index in [2.05, 4.69) is 49.5 Å². The fraction of sp³-hybridized carbons (Fsp3) is 0.438. The van der Waals surface area contributed by atoms with Gasteiger partial charge >= 0.3 is 0 Å². The topological polar surface area (TPSA) is 122 Å². The lowest BCUT2D eigenvalue weighted by Crippen LogP contribution is -2.52. The Morgan fingerprint density at radius 2 is 1.73 bits per heavy atom. The van der Waals surface area contributed by atoms with Crippen LogP contribution < -0.4 is 24.6 Å². The highest BCUT2D eigenvalue weighted by Crippen LogP contribution is 2.39. The number of fused-ring (bicyclic) bond motifs is 2. The molecule has 2 aromatic carbocycles. The van der Waals surface area contributed by atoms with Gasteiger partial charge in [0.15, 0.2) is 5.82 Å². The zero-order chi connectivity index (χ0) is 31.1. The van der Waals surface area contributed by atoms with Crippen molar-refractivity contribution < 1.29 is 13.2 Å². The number of H-pyrrole nitrogens is 1. The normalized spacial score (nSPS) is 18.4. The average molecular weight is 632 g/mol. The van der Waals surface area contributed by atoms with Gasteiger partial charge in [0.1, 0.15) is 11.3 Å². The number of benzene rings is 2. The smallest absolute Gasteiger partial charge is 0.232 e. The van der Waals surface area contributed by atoms with Crippen molar-refractivity contribution in [3.63, 3.8) is 0 Å². The molecule has 0 radical (unpaired) electrons. The second-order valence-electron chi connectivity index (χ2n) is 12.2. The number of nitrogens with one attached hydrogen (secondary N) is 3. The second-order valence-corrected chi connectivity index (χ2v) is 14.1. The third-order valence-corrected chi connectivity index (χ3v) is 10.5. The van der Waals surface area contributed by atoms with E-state index in [9.17, 15) is 8.42 Å². The van der Waals surface area contributed by atoms with E-state index in [1.165, 1.54) is 23.4 Å². The Bertz CT molecular complexity index is 1790. The number of methoxy groups -OCH3 is 1. The van der Waals surface area contributed by atoms with Crippen LogP contribution in [-0.2, 0) is 16.4 Å². The summed E-state index contributed by atoms with van der Waals surface area (Å²) in [6.07, 6.45) is 6.05. The molecule has 3 aliphatic rings. The van der Waals surface area contributed by atoms with Crippen LogP contribution in [0.1, 0.15) is 18.4 Å². The van der Waals surface area contributed by atoms with E-state index in [1.54, 1.807) is 7.11 Å². The second kappa shape index (κ2) is 12.0. The molecule has 0 amide bonds. The van der Waals surface area contributed by atoms with E-state index >= 15 is 0 Å². The summed E-state index contributed by atoms with van der Waals surface area (Å²) in [5.41, 5.74) is 5.68. The number of aromatic nitrogens is 3. The molecule has 3 N–H and O–H groups in total. The zero-order valence-electron chi connectivity index (χ0n) is 26.1. The van der Waals surface area contributed by atoms with E-state index in [-0.39, 0.29) is 0 Å². The molecule has 4 aromatic rings. The van der Waals surface area contributed by atoms with E-state index in [4.69, 9.17) is 14.7 Å². The molecule has 2 fully saturated rings. The van der Waals surface area contributed by atoms with Crippen molar-refractivity contribution in [2.75, 3.05) is 86.1 Å². The summed E-state index contributed by atoms with van der Waals surface area (Å²) in [6.45, 7) is 7.10. The minimum Gasteiger partial charge on any atom is -0.494 e. The highest BCUT2D eigenvalue weighted by molar-refractivity contribution is 7.92. The molecule has 0 atom stereocenters. The minimum absolute atomic E-state index is 0.399. The first-order valence-electron chi connectivity index (χ1n) is 15.6. The largest absolute Gasteiger partial charge is 0.494 e. The lowest BCUT2D eigenvalue weighted by Gasteiger charge is -2.42. The van der Waals surface area contributed by atoms with Crippen LogP contribution in [0.25, 0.3) is 11.0 Å². The number of sulfonamides is 1. The SMILES string of the molecule is COc1cc(N2CCC(N3CCN(C)CC3)CC2)ccc1Nc1nc(Nc2cccc3c2N(S(C)(=O)=O)CC3)c2[nH]ccc2n1. The van der Waals surface area contributed by atoms with E-state index < -0.39 is 10.0 Å². The molecule has 12 nitrogen and oxygen atoms in total. The van der Waals surface area contributed by atoms with Crippen molar-refractivity contribution in [1.82, 2.24) is 24.8 Å². The molecule has 2 saturated heterocycles. The van der Waals surface area contributed by atoms with Crippen LogP contribution in [0.2, 0.25) is 0 Å². The van der Waals surface area contributed by atoms with E-state index in [1.807, 2.05) is 36.5 Å². The Hall–Kier alpha value is -4.07. The molecule has 45 heavy (non-hydrogen) atoms. The zero-order valence-corrected chi connectivity index (χ0v) is 26.9. The third-order valence-electron chi connectivity index (χ3n) is 9.33. The first-order valence-corrected chi connectivity index (χ1v) is 17.5. The van der Waals surface area contributed by atoms with Gasteiger partial charge in [-0.1, -0.05) is 12.1 Å². The van der Waals surface area contributed by atoms with Gasteiger partial charge in [-0.2, -0.15) is 4.98 Å². The summed E-state index contributed by atoms with van der Waals surface area (Å²) < 4.78 is 32.4. The number of para-hydroxylation sites is 1. The van der Waals surface area contributed by atoms with E-state index in [0.717, 1.165) is 67.2 Å². The number of hydrogen-bond acceptors (Lipinski definition) is 10. The molecular weight excluding hydrogens is 590 g/mol. The number of aromatic amines is 1. The van der Waals surface area contributed by atoms with Crippen LogP contribution in [0.5, 0.6) is 5.75 Å². The van der Waals surface area contributed by atoms with Crippen LogP contribution in [0.4, 0.5) is 34.5 Å². The summed E-state index contributed by atoms with van der Waals surface area (Å²) in [4.78, 5) is 20.3. The maximum absolute atomic E-state index is 12.5. The number of hydrogen-bond donors (Lipinski definition) is 3. The van der Waals surface area contributed by atoms with Gasteiger partial charge in [0.05, 0.1) is 35.9 Å². The molecule has 0 aliphatic carbocycles. The van der Waals surface area contributed by atoms with Crippen LogP contribution in [0.15, 0.2) is 48.7 Å². The Labute approximate surface area is 264 Å². The molecule has 7 rings (SSSR count). The molecule has 0 bridgehead atoms. The Morgan fingerprint density at radius 3 is 2.49 bits per heavy atom.